The van der Waals surface area contributed by atoms with Gasteiger partial charge in [-0.05, 0) is 49.6 Å². The lowest BCUT2D eigenvalue weighted by Gasteiger charge is -2.47. The van der Waals surface area contributed by atoms with Crippen LogP contribution in [0.1, 0.15) is 25.0 Å². The third-order valence-corrected chi connectivity index (χ3v) is 5.50. The second-order valence-corrected chi connectivity index (χ2v) is 7.46. The predicted octanol–water partition coefficient (Wildman–Crippen LogP) is 3.40. The van der Waals surface area contributed by atoms with Gasteiger partial charge in [0.1, 0.15) is 5.54 Å². The molecule has 0 spiro atoms. The third-order valence-electron chi connectivity index (χ3n) is 4.81. The molecule has 2 rings (SSSR count). The number of aliphatic imine (C=N–C) groups is 1. The van der Waals surface area contributed by atoms with Crippen molar-refractivity contribution in [3.05, 3.63) is 82.8 Å². The summed E-state index contributed by atoms with van der Waals surface area (Å²) in [5.74, 6) is 0. The predicted molar refractivity (Wildman–Crippen MR) is 119 cm³/mol. The average Bonchev–Trinajstić information content (AvgIpc) is 2.61. The van der Waals surface area contributed by atoms with Gasteiger partial charge in [0.25, 0.3) is 0 Å². The highest BCUT2D eigenvalue weighted by Crippen LogP contribution is 2.31. The molecule has 1 aromatic rings. The van der Waals surface area contributed by atoms with E-state index < -0.39 is 5.54 Å². The van der Waals surface area contributed by atoms with Crippen LogP contribution in [-0.2, 0) is 0 Å². The van der Waals surface area contributed by atoms with Crippen LogP contribution in [-0.4, -0.2) is 36.1 Å². The number of aryl methyl sites for hydroxylation is 1. The van der Waals surface area contributed by atoms with Gasteiger partial charge in [-0.15, -0.1) is 0 Å². The zero-order valence-electron chi connectivity index (χ0n) is 16.7. The zero-order valence-corrected chi connectivity index (χ0v) is 17.6. The minimum atomic E-state index is -0.528. The Labute approximate surface area is 168 Å². The zero-order chi connectivity index (χ0) is 20.0. The molecule has 1 N–H and O–H groups in total. The molecule has 0 saturated heterocycles. The number of nitrogens with zero attached hydrogens (tertiary/aromatic N) is 2. The first-order valence-electron chi connectivity index (χ1n) is 9.03. The summed E-state index contributed by atoms with van der Waals surface area (Å²) < 4.78 is 0. The van der Waals surface area contributed by atoms with E-state index in [0.717, 1.165) is 16.8 Å². The van der Waals surface area contributed by atoms with E-state index in [0.29, 0.717) is 0 Å². The van der Waals surface area contributed by atoms with Crippen LogP contribution >= 0.6 is 12.6 Å². The van der Waals surface area contributed by atoms with Gasteiger partial charge in [0.2, 0.25) is 0 Å². The Morgan fingerprint density at radius 1 is 1.33 bits per heavy atom. The van der Waals surface area contributed by atoms with Gasteiger partial charge in [0.15, 0.2) is 0 Å². The number of benzene rings is 1. The van der Waals surface area contributed by atoms with E-state index in [4.69, 9.17) is 12.6 Å². The van der Waals surface area contributed by atoms with Crippen molar-refractivity contribution < 1.29 is 5.17 Å². The van der Waals surface area contributed by atoms with E-state index in [1.165, 1.54) is 5.56 Å². The maximum atomic E-state index is 12.6. The molecule has 4 nitrogen and oxygen atoms in total. The second-order valence-electron chi connectivity index (χ2n) is 6.90. The molecule has 1 aliphatic rings. The van der Waals surface area contributed by atoms with E-state index >= 15 is 0 Å². The highest BCUT2D eigenvalue weighted by atomic mass is 32.1. The fourth-order valence-electron chi connectivity index (χ4n) is 3.44. The summed E-state index contributed by atoms with van der Waals surface area (Å²) in [6.07, 6.45) is 13.8. The summed E-state index contributed by atoms with van der Waals surface area (Å²) in [5, 5.41) is 14.3. The number of nitrogens with one attached hydrogen (secondary N) is 1. The molecule has 0 aromatic heterocycles. The molecule has 3 unspecified atom stereocenters. The van der Waals surface area contributed by atoms with Crippen molar-refractivity contribution >= 4 is 24.4 Å². The first kappa shape index (κ1) is 21.2. The van der Waals surface area contributed by atoms with Crippen molar-refractivity contribution in [2.24, 2.45) is 4.99 Å². The molecule has 1 aromatic carbocycles. The van der Waals surface area contributed by atoms with Crippen molar-refractivity contribution in [2.45, 2.75) is 31.6 Å². The van der Waals surface area contributed by atoms with Crippen LogP contribution in [0.4, 0.5) is 0 Å². The van der Waals surface area contributed by atoms with Crippen molar-refractivity contribution in [1.82, 2.24) is 5.01 Å². The number of hydroxylamine groups is 1. The minimum absolute atomic E-state index is 0.0152. The molecule has 0 aliphatic heterocycles. The summed E-state index contributed by atoms with van der Waals surface area (Å²) in [4.78, 5) is 4.09. The first-order chi connectivity index (χ1) is 12.8. The molecule has 0 amide bonds. The largest absolute Gasteiger partial charge is 0.608 e. The van der Waals surface area contributed by atoms with Crippen molar-refractivity contribution in [3.8, 4) is 0 Å². The Hall–Kier alpha value is -2.08. The van der Waals surface area contributed by atoms with Gasteiger partial charge in [-0.1, -0.05) is 48.6 Å². The lowest BCUT2D eigenvalue weighted by atomic mass is 9.91. The van der Waals surface area contributed by atoms with Gasteiger partial charge in [-0.25, -0.2) is 5.01 Å². The molecular formula is C22H29N3OS. The molecule has 0 heterocycles. The van der Waals surface area contributed by atoms with Crippen LogP contribution in [0.2, 0.25) is 0 Å². The van der Waals surface area contributed by atoms with Crippen molar-refractivity contribution in [1.29, 1.82) is 0 Å². The van der Waals surface area contributed by atoms with Crippen LogP contribution in [0.5, 0.6) is 0 Å². The fraction of sp³-hybridized carbons (Fsp3) is 0.318. The lowest BCUT2D eigenvalue weighted by Crippen LogP contribution is -3.13. The van der Waals surface area contributed by atoms with Crippen molar-refractivity contribution in [3.63, 3.8) is 0 Å². The maximum Gasteiger partial charge on any atom is 0.120 e. The van der Waals surface area contributed by atoms with Crippen LogP contribution in [0.3, 0.4) is 0 Å². The summed E-state index contributed by atoms with van der Waals surface area (Å²) in [6.45, 7) is 6.08. The second kappa shape index (κ2) is 9.22. The van der Waals surface area contributed by atoms with E-state index in [1.54, 1.807) is 20.3 Å². The Bertz CT molecular complexity index is 808. The fourth-order valence-corrected chi connectivity index (χ4v) is 3.75. The molecule has 0 radical (unpaired) electrons. The molecule has 0 fully saturated rings. The van der Waals surface area contributed by atoms with Gasteiger partial charge in [0, 0.05) is 13.3 Å². The highest BCUT2D eigenvalue weighted by Gasteiger charge is 2.39. The molecule has 5 heteroatoms. The number of quaternary nitrogens is 1. The molecule has 0 saturated carbocycles. The molecule has 27 heavy (non-hydrogen) atoms. The van der Waals surface area contributed by atoms with E-state index in [2.05, 4.69) is 24.0 Å². The van der Waals surface area contributed by atoms with Crippen molar-refractivity contribution in [2.75, 3.05) is 14.1 Å². The molecule has 1 aliphatic carbocycles. The Balaban J connectivity index is 2.53. The summed E-state index contributed by atoms with van der Waals surface area (Å²) >= 11 is 4.71. The van der Waals surface area contributed by atoms with Gasteiger partial charge in [-0.3, -0.25) is 10.2 Å². The number of allylic oxidation sites excluding steroid dienone is 6. The minimum Gasteiger partial charge on any atom is -0.608 e. The standard InChI is InChI=1S/C22H29N3OS/c1-17-10-6-7-11-20(17)19(13-15-23-4)16-18(2)25(24(5)26)22(3)14-9-8-12-21(22)27/h6-16,21,24,27H,1-5H3/b18-16+,19-13-,23-15?. The SMILES string of the molecule is CN=C/C=C(/C=C(\C)N([NH+](C)[O-])C1(C)C=CC=CC1S)c1ccccc1C. The van der Waals surface area contributed by atoms with E-state index in [9.17, 15) is 5.21 Å². The first-order valence-corrected chi connectivity index (χ1v) is 9.54. The monoisotopic (exact) mass is 383 g/mol. The highest BCUT2D eigenvalue weighted by molar-refractivity contribution is 7.81. The summed E-state index contributed by atoms with van der Waals surface area (Å²) in [7, 11) is 3.34. The van der Waals surface area contributed by atoms with Gasteiger partial charge >= 0.3 is 0 Å². The third kappa shape index (κ3) is 4.80. The number of hydrogen-bond donors (Lipinski definition) is 2. The van der Waals surface area contributed by atoms with Crippen LogP contribution in [0.25, 0.3) is 5.57 Å². The smallest absolute Gasteiger partial charge is 0.120 e. The Kier molecular flexibility index (Phi) is 7.25. The van der Waals surface area contributed by atoms with Gasteiger partial charge in [-0.2, -0.15) is 12.6 Å². The Morgan fingerprint density at radius 3 is 2.63 bits per heavy atom. The van der Waals surface area contributed by atoms with E-state index in [-0.39, 0.29) is 10.4 Å². The topological polar surface area (TPSA) is 43.1 Å². The summed E-state index contributed by atoms with van der Waals surface area (Å²) in [5.41, 5.74) is 3.64. The average molecular weight is 384 g/mol. The van der Waals surface area contributed by atoms with Crippen LogP contribution in [0.15, 0.2) is 71.4 Å². The van der Waals surface area contributed by atoms with Crippen LogP contribution in [0, 0.1) is 12.1 Å². The van der Waals surface area contributed by atoms with Gasteiger partial charge < -0.3 is 5.21 Å². The number of hydrogen-bond acceptors (Lipinski definition) is 4. The molecule has 0 bridgehead atoms. The number of rotatable bonds is 6. The van der Waals surface area contributed by atoms with E-state index in [1.807, 2.05) is 67.4 Å². The van der Waals surface area contributed by atoms with Gasteiger partial charge in [0.05, 0.1) is 18.0 Å². The quantitative estimate of drug-likeness (QED) is 0.342. The lowest BCUT2D eigenvalue weighted by molar-refractivity contribution is -0.955. The molecular weight excluding hydrogens is 354 g/mol. The molecule has 144 valence electrons. The Morgan fingerprint density at radius 2 is 2.04 bits per heavy atom. The summed E-state index contributed by atoms with van der Waals surface area (Å²) in [6, 6.07) is 8.20. The molecule has 3 atom stereocenters. The maximum absolute atomic E-state index is 12.6. The van der Waals surface area contributed by atoms with Crippen LogP contribution < -0.4 is 5.17 Å². The normalized spacial score (nSPS) is 24.5. The number of thiol groups is 1.